The molecule has 0 saturated carbocycles. The summed E-state index contributed by atoms with van der Waals surface area (Å²) >= 11 is 5.98. The third-order valence-corrected chi connectivity index (χ3v) is 4.87. The lowest BCUT2D eigenvalue weighted by Gasteiger charge is -2.13. The number of hydrogen-bond donors (Lipinski definition) is 2. The van der Waals surface area contributed by atoms with Gasteiger partial charge in [0, 0.05) is 6.54 Å². The zero-order valence-corrected chi connectivity index (χ0v) is 14.7. The minimum Gasteiger partial charge on any atom is -0.496 e. The van der Waals surface area contributed by atoms with Crippen molar-refractivity contribution < 1.29 is 17.9 Å². The van der Waals surface area contributed by atoms with Gasteiger partial charge in [-0.05, 0) is 37.3 Å². The monoisotopic (exact) mass is 368 g/mol. The summed E-state index contributed by atoms with van der Waals surface area (Å²) < 4.78 is 32.6. The van der Waals surface area contributed by atoms with Gasteiger partial charge in [0.2, 0.25) is 0 Å². The molecule has 0 aliphatic carbocycles. The summed E-state index contributed by atoms with van der Waals surface area (Å²) in [5.41, 5.74) is 0.399. The molecule has 0 aromatic heterocycles. The summed E-state index contributed by atoms with van der Waals surface area (Å²) in [6.45, 7) is 2.18. The van der Waals surface area contributed by atoms with Crippen LogP contribution in [0.5, 0.6) is 5.75 Å². The average molecular weight is 369 g/mol. The molecule has 6 nitrogen and oxygen atoms in total. The second-order valence-electron chi connectivity index (χ2n) is 4.81. The SMILES string of the molecule is CCNC(=O)c1cc(S(=O)(=O)Nc2ccccc2Cl)ccc1OC. The Balaban J connectivity index is 2.42. The minimum absolute atomic E-state index is 0.0653. The zero-order valence-electron chi connectivity index (χ0n) is 13.2. The number of nitrogens with one attached hydrogen (secondary N) is 2. The van der Waals surface area contributed by atoms with Crippen LogP contribution in [0.3, 0.4) is 0 Å². The molecule has 0 saturated heterocycles. The second-order valence-corrected chi connectivity index (χ2v) is 6.90. The van der Waals surface area contributed by atoms with E-state index in [1.54, 1.807) is 31.2 Å². The van der Waals surface area contributed by atoms with Crippen molar-refractivity contribution in [1.29, 1.82) is 0 Å². The second kappa shape index (κ2) is 7.55. The van der Waals surface area contributed by atoms with Crippen molar-refractivity contribution in [2.45, 2.75) is 11.8 Å². The van der Waals surface area contributed by atoms with Crippen molar-refractivity contribution in [3.05, 3.63) is 53.1 Å². The molecule has 0 bridgehead atoms. The standard InChI is InChI=1S/C16H17ClN2O4S/c1-3-18-16(20)12-10-11(8-9-15(12)23-2)24(21,22)19-14-7-5-4-6-13(14)17/h4-10,19H,3H2,1-2H3,(H,18,20). The van der Waals surface area contributed by atoms with E-state index in [0.29, 0.717) is 6.54 Å². The van der Waals surface area contributed by atoms with Gasteiger partial charge in [-0.25, -0.2) is 8.42 Å². The van der Waals surface area contributed by atoms with Crippen LogP contribution in [0.4, 0.5) is 5.69 Å². The molecule has 0 aliphatic rings. The molecule has 0 aliphatic heterocycles. The quantitative estimate of drug-likeness (QED) is 0.821. The van der Waals surface area contributed by atoms with Gasteiger partial charge in [0.25, 0.3) is 15.9 Å². The number of methoxy groups -OCH3 is 1. The number of anilines is 1. The van der Waals surface area contributed by atoms with Crippen LogP contribution < -0.4 is 14.8 Å². The first kappa shape index (κ1) is 18.1. The van der Waals surface area contributed by atoms with Crippen molar-refractivity contribution in [2.24, 2.45) is 0 Å². The molecular formula is C16H17ClN2O4S. The maximum atomic E-state index is 12.5. The van der Waals surface area contributed by atoms with Gasteiger partial charge in [0.1, 0.15) is 5.75 Å². The number of para-hydroxylation sites is 1. The largest absolute Gasteiger partial charge is 0.496 e. The number of carbonyl (C=O) groups excluding carboxylic acids is 1. The number of halogens is 1. The first-order valence-corrected chi connectivity index (χ1v) is 8.98. The number of hydrogen-bond acceptors (Lipinski definition) is 4. The highest BCUT2D eigenvalue weighted by Crippen LogP contribution is 2.26. The molecule has 2 aromatic rings. The smallest absolute Gasteiger partial charge is 0.261 e. The fraction of sp³-hybridized carbons (Fsp3) is 0.188. The van der Waals surface area contributed by atoms with Crippen molar-refractivity contribution >= 4 is 33.2 Å². The third kappa shape index (κ3) is 3.98. The summed E-state index contributed by atoms with van der Waals surface area (Å²) in [4.78, 5) is 12.0. The van der Waals surface area contributed by atoms with Crippen molar-refractivity contribution in [3.63, 3.8) is 0 Å². The Bertz CT molecular complexity index is 853. The number of rotatable bonds is 6. The summed E-state index contributed by atoms with van der Waals surface area (Å²) in [6, 6.07) is 10.6. The highest BCUT2D eigenvalue weighted by atomic mass is 35.5. The van der Waals surface area contributed by atoms with Crippen LogP contribution in [0.1, 0.15) is 17.3 Å². The topological polar surface area (TPSA) is 84.5 Å². The fourth-order valence-corrected chi connectivity index (χ4v) is 3.38. The molecule has 2 aromatic carbocycles. The summed E-state index contributed by atoms with van der Waals surface area (Å²) in [5.74, 6) is -0.123. The third-order valence-electron chi connectivity index (χ3n) is 3.18. The summed E-state index contributed by atoms with van der Waals surface area (Å²) in [6.07, 6.45) is 0. The zero-order chi connectivity index (χ0) is 17.7. The van der Waals surface area contributed by atoms with E-state index in [-0.39, 0.29) is 26.9 Å². The summed E-state index contributed by atoms with van der Waals surface area (Å²) in [5, 5.41) is 2.90. The van der Waals surface area contributed by atoms with E-state index in [1.807, 2.05) is 0 Å². The molecule has 0 fully saturated rings. The molecule has 1 amide bonds. The Morgan fingerprint density at radius 1 is 1.21 bits per heavy atom. The molecule has 0 unspecified atom stereocenters. The van der Waals surface area contributed by atoms with Crippen LogP contribution in [0.15, 0.2) is 47.4 Å². The molecule has 2 rings (SSSR count). The summed E-state index contributed by atoms with van der Waals surface area (Å²) in [7, 11) is -2.49. The Kier molecular flexibility index (Phi) is 5.69. The van der Waals surface area contributed by atoms with Crippen LogP contribution >= 0.6 is 11.6 Å². The van der Waals surface area contributed by atoms with Gasteiger partial charge in [-0.2, -0.15) is 0 Å². The van der Waals surface area contributed by atoms with Gasteiger partial charge >= 0.3 is 0 Å². The molecular weight excluding hydrogens is 352 g/mol. The van der Waals surface area contributed by atoms with Crippen LogP contribution in [0.2, 0.25) is 5.02 Å². The molecule has 0 atom stereocenters. The number of ether oxygens (including phenoxy) is 1. The van der Waals surface area contributed by atoms with Crippen LogP contribution in [0, 0.1) is 0 Å². The predicted octanol–water partition coefficient (Wildman–Crippen LogP) is 2.90. The van der Waals surface area contributed by atoms with Gasteiger partial charge in [-0.3, -0.25) is 9.52 Å². The molecule has 0 radical (unpaired) electrons. The normalized spacial score (nSPS) is 11.0. The van der Waals surface area contributed by atoms with Gasteiger partial charge < -0.3 is 10.1 Å². The highest BCUT2D eigenvalue weighted by molar-refractivity contribution is 7.92. The number of amides is 1. The van der Waals surface area contributed by atoms with E-state index < -0.39 is 15.9 Å². The maximum absolute atomic E-state index is 12.5. The van der Waals surface area contributed by atoms with E-state index in [0.717, 1.165) is 0 Å². The Labute approximate surface area is 145 Å². The number of benzene rings is 2. The molecule has 8 heteroatoms. The predicted molar refractivity (Wildman–Crippen MR) is 93.3 cm³/mol. The van der Waals surface area contributed by atoms with Gasteiger partial charge in [-0.15, -0.1) is 0 Å². The molecule has 0 spiro atoms. The van der Waals surface area contributed by atoms with Crippen molar-refractivity contribution in [2.75, 3.05) is 18.4 Å². The lowest BCUT2D eigenvalue weighted by Crippen LogP contribution is -2.24. The Hall–Kier alpha value is -2.25. The number of sulfonamides is 1. The minimum atomic E-state index is -3.90. The molecule has 2 N–H and O–H groups in total. The van der Waals surface area contributed by atoms with Gasteiger partial charge in [-0.1, -0.05) is 23.7 Å². The van der Waals surface area contributed by atoms with E-state index in [2.05, 4.69) is 10.0 Å². The Morgan fingerprint density at radius 3 is 2.54 bits per heavy atom. The van der Waals surface area contributed by atoms with Crippen molar-refractivity contribution in [3.8, 4) is 5.75 Å². The lowest BCUT2D eigenvalue weighted by atomic mass is 10.2. The first-order chi connectivity index (χ1) is 11.4. The average Bonchev–Trinajstić information content (AvgIpc) is 2.56. The highest BCUT2D eigenvalue weighted by Gasteiger charge is 2.20. The van der Waals surface area contributed by atoms with Crippen LogP contribution in [-0.4, -0.2) is 28.0 Å². The van der Waals surface area contributed by atoms with Crippen LogP contribution in [0.25, 0.3) is 0 Å². The molecule has 128 valence electrons. The lowest BCUT2D eigenvalue weighted by molar-refractivity contribution is 0.0952. The molecule has 24 heavy (non-hydrogen) atoms. The van der Waals surface area contributed by atoms with Crippen LogP contribution in [-0.2, 0) is 10.0 Å². The number of carbonyl (C=O) groups is 1. The Morgan fingerprint density at radius 2 is 1.92 bits per heavy atom. The molecule has 0 heterocycles. The van der Waals surface area contributed by atoms with Crippen molar-refractivity contribution in [1.82, 2.24) is 5.32 Å². The maximum Gasteiger partial charge on any atom is 0.261 e. The van der Waals surface area contributed by atoms with E-state index in [1.165, 1.54) is 25.3 Å². The van der Waals surface area contributed by atoms with E-state index in [9.17, 15) is 13.2 Å². The van der Waals surface area contributed by atoms with Gasteiger partial charge in [0.15, 0.2) is 0 Å². The van der Waals surface area contributed by atoms with Gasteiger partial charge in [0.05, 0.1) is 28.3 Å². The van der Waals surface area contributed by atoms with E-state index >= 15 is 0 Å². The first-order valence-electron chi connectivity index (χ1n) is 7.12. The fourth-order valence-electron chi connectivity index (χ4n) is 2.04. The van der Waals surface area contributed by atoms with E-state index in [4.69, 9.17) is 16.3 Å².